The molecular formula is C14H28N2. The molecule has 2 heteroatoms. The smallest absolute Gasteiger partial charge is 0.0220 e. The first-order valence-electron chi connectivity index (χ1n) is 6.83. The maximum Gasteiger partial charge on any atom is 0.0220 e. The molecule has 1 aliphatic heterocycles. The van der Waals surface area contributed by atoms with Gasteiger partial charge >= 0.3 is 0 Å². The van der Waals surface area contributed by atoms with Crippen molar-refractivity contribution in [3.63, 3.8) is 0 Å². The zero-order valence-electron chi connectivity index (χ0n) is 10.8. The maximum absolute atomic E-state index is 5.85. The number of allylic oxidation sites excluding steroid dienone is 1. The number of nitrogens with zero attached hydrogens (tertiary/aromatic N) is 1. The third-order valence-corrected chi connectivity index (χ3v) is 3.73. The van der Waals surface area contributed by atoms with Gasteiger partial charge in [-0.05, 0) is 51.1 Å². The molecule has 0 amide bonds. The van der Waals surface area contributed by atoms with Crippen molar-refractivity contribution in [2.45, 2.75) is 51.5 Å². The molecular weight excluding hydrogens is 196 g/mol. The van der Waals surface area contributed by atoms with Gasteiger partial charge in [0.2, 0.25) is 0 Å². The van der Waals surface area contributed by atoms with E-state index in [0.717, 1.165) is 18.9 Å². The van der Waals surface area contributed by atoms with Crippen molar-refractivity contribution in [1.29, 1.82) is 0 Å². The number of likely N-dealkylation sites (tertiary alicyclic amines) is 1. The van der Waals surface area contributed by atoms with Crippen LogP contribution in [0.1, 0.15) is 45.4 Å². The number of unbranched alkanes of at least 4 members (excludes halogenated alkanes) is 3. The highest BCUT2D eigenvalue weighted by atomic mass is 15.2. The number of nitrogens with two attached hydrogens (primary N) is 1. The van der Waals surface area contributed by atoms with Crippen molar-refractivity contribution >= 4 is 0 Å². The number of hydrogen-bond donors (Lipinski definition) is 1. The van der Waals surface area contributed by atoms with Crippen LogP contribution in [0.3, 0.4) is 0 Å². The van der Waals surface area contributed by atoms with Gasteiger partial charge in [0.25, 0.3) is 0 Å². The monoisotopic (exact) mass is 224 g/mol. The Kier molecular flexibility index (Phi) is 6.74. The molecule has 2 atom stereocenters. The molecule has 0 radical (unpaired) electrons. The lowest BCUT2D eigenvalue weighted by Crippen LogP contribution is -2.46. The second kappa shape index (κ2) is 7.86. The Hall–Kier alpha value is -0.340. The van der Waals surface area contributed by atoms with Gasteiger partial charge in [-0.3, -0.25) is 4.90 Å². The molecule has 2 unspecified atom stereocenters. The minimum Gasteiger partial charge on any atom is -0.329 e. The van der Waals surface area contributed by atoms with E-state index in [9.17, 15) is 0 Å². The molecule has 1 aliphatic rings. The van der Waals surface area contributed by atoms with Crippen molar-refractivity contribution in [2.75, 3.05) is 19.6 Å². The van der Waals surface area contributed by atoms with Crippen molar-refractivity contribution in [3.8, 4) is 0 Å². The Labute approximate surface area is 101 Å². The molecule has 1 saturated heterocycles. The van der Waals surface area contributed by atoms with E-state index >= 15 is 0 Å². The molecule has 16 heavy (non-hydrogen) atoms. The Balaban J connectivity index is 2.16. The van der Waals surface area contributed by atoms with E-state index in [-0.39, 0.29) is 0 Å². The number of piperidine rings is 1. The molecule has 1 heterocycles. The normalized spacial score (nSPS) is 26.9. The Morgan fingerprint density at radius 1 is 1.38 bits per heavy atom. The summed E-state index contributed by atoms with van der Waals surface area (Å²) in [4.78, 5) is 2.61. The topological polar surface area (TPSA) is 29.3 Å². The molecule has 0 aromatic rings. The van der Waals surface area contributed by atoms with E-state index in [1.165, 1.54) is 45.2 Å². The van der Waals surface area contributed by atoms with E-state index in [2.05, 4.69) is 18.4 Å². The summed E-state index contributed by atoms with van der Waals surface area (Å²) in [5.74, 6) is 0.866. The van der Waals surface area contributed by atoms with Crippen LogP contribution in [0.2, 0.25) is 0 Å². The molecule has 1 fully saturated rings. The fraction of sp³-hybridized carbons (Fsp3) is 0.857. The third-order valence-electron chi connectivity index (χ3n) is 3.73. The van der Waals surface area contributed by atoms with E-state index in [1.54, 1.807) is 0 Å². The zero-order valence-corrected chi connectivity index (χ0v) is 10.8. The van der Waals surface area contributed by atoms with Gasteiger partial charge in [-0.1, -0.05) is 19.4 Å². The highest BCUT2D eigenvalue weighted by Gasteiger charge is 2.24. The van der Waals surface area contributed by atoms with E-state index < -0.39 is 0 Å². The SMILES string of the molecule is C=CCCCCCN1CCC(C)CC1CN. The first kappa shape index (κ1) is 13.7. The second-order valence-corrected chi connectivity index (χ2v) is 5.19. The highest BCUT2D eigenvalue weighted by Crippen LogP contribution is 2.22. The van der Waals surface area contributed by atoms with Crippen LogP contribution >= 0.6 is 0 Å². The van der Waals surface area contributed by atoms with E-state index in [4.69, 9.17) is 5.73 Å². The first-order chi connectivity index (χ1) is 7.77. The summed E-state index contributed by atoms with van der Waals surface area (Å²) < 4.78 is 0. The molecule has 2 N–H and O–H groups in total. The quantitative estimate of drug-likeness (QED) is 0.532. The molecule has 0 aromatic carbocycles. The number of hydrogen-bond acceptors (Lipinski definition) is 2. The van der Waals surface area contributed by atoms with Crippen molar-refractivity contribution in [1.82, 2.24) is 4.90 Å². The van der Waals surface area contributed by atoms with Crippen LogP contribution in [0.5, 0.6) is 0 Å². The number of rotatable bonds is 7. The van der Waals surface area contributed by atoms with Crippen LogP contribution in [0, 0.1) is 5.92 Å². The summed E-state index contributed by atoms with van der Waals surface area (Å²) in [5, 5.41) is 0. The van der Waals surface area contributed by atoms with Crippen LogP contribution in [-0.4, -0.2) is 30.6 Å². The van der Waals surface area contributed by atoms with Gasteiger partial charge in [-0.2, -0.15) is 0 Å². The van der Waals surface area contributed by atoms with Gasteiger partial charge in [0.15, 0.2) is 0 Å². The lowest BCUT2D eigenvalue weighted by Gasteiger charge is -2.38. The largest absolute Gasteiger partial charge is 0.329 e. The van der Waals surface area contributed by atoms with Gasteiger partial charge in [-0.25, -0.2) is 0 Å². The Bertz CT molecular complexity index is 191. The molecule has 0 spiro atoms. The summed E-state index contributed by atoms with van der Waals surface area (Å²) in [5.41, 5.74) is 5.85. The van der Waals surface area contributed by atoms with E-state index in [0.29, 0.717) is 6.04 Å². The van der Waals surface area contributed by atoms with Crippen molar-refractivity contribution in [2.24, 2.45) is 11.7 Å². The molecule has 2 nitrogen and oxygen atoms in total. The summed E-state index contributed by atoms with van der Waals surface area (Å²) in [6.45, 7) is 9.43. The molecule has 1 rings (SSSR count). The average Bonchev–Trinajstić information content (AvgIpc) is 2.30. The predicted molar refractivity (Wildman–Crippen MR) is 71.5 cm³/mol. The van der Waals surface area contributed by atoms with Gasteiger partial charge in [-0.15, -0.1) is 6.58 Å². The zero-order chi connectivity index (χ0) is 11.8. The lowest BCUT2D eigenvalue weighted by atomic mass is 9.92. The highest BCUT2D eigenvalue weighted by molar-refractivity contribution is 4.80. The summed E-state index contributed by atoms with van der Waals surface area (Å²) >= 11 is 0. The molecule has 0 saturated carbocycles. The first-order valence-corrected chi connectivity index (χ1v) is 6.83. The van der Waals surface area contributed by atoms with Crippen LogP contribution in [0.4, 0.5) is 0 Å². The molecule has 0 bridgehead atoms. The predicted octanol–water partition coefficient (Wildman–Crippen LogP) is 2.79. The van der Waals surface area contributed by atoms with E-state index in [1.807, 2.05) is 6.08 Å². The van der Waals surface area contributed by atoms with Gasteiger partial charge in [0.1, 0.15) is 0 Å². The van der Waals surface area contributed by atoms with Crippen LogP contribution in [-0.2, 0) is 0 Å². The third kappa shape index (κ3) is 4.67. The van der Waals surface area contributed by atoms with Crippen LogP contribution in [0.15, 0.2) is 12.7 Å². The minimum absolute atomic E-state index is 0.642. The molecule has 0 aliphatic carbocycles. The van der Waals surface area contributed by atoms with Crippen LogP contribution < -0.4 is 5.73 Å². The average molecular weight is 224 g/mol. The standard InChI is InChI=1S/C14H28N2/c1-3-4-5-6-7-9-16-10-8-13(2)11-14(16)12-15/h3,13-14H,1,4-12,15H2,2H3. The Morgan fingerprint density at radius 2 is 2.19 bits per heavy atom. The second-order valence-electron chi connectivity index (χ2n) is 5.19. The summed E-state index contributed by atoms with van der Waals surface area (Å²) in [6.07, 6.45) is 9.77. The van der Waals surface area contributed by atoms with Crippen molar-refractivity contribution < 1.29 is 0 Å². The maximum atomic E-state index is 5.85. The van der Waals surface area contributed by atoms with Gasteiger partial charge < -0.3 is 5.73 Å². The summed E-state index contributed by atoms with van der Waals surface area (Å²) in [7, 11) is 0. The van der Waals surface area contributed by atoms with Gasteiger partial charge in [0.05, 0.1) is 0 Å². The fourth-order valence-corrected chi connectivity index (χ4v) is 2.62. The summed E-state index contributed by atoms with van der Waals surface area (Å²) in [6, 6.07) is 0.642. The Morgan fingerprint density at radius 3 is 2.88 bits per heavy atom. The minimum atomic E-state index is 0.642. The lowest BCUT2D eigenvalue weighted by molar-refractivity contribution is 0.120. The van der Waals surface area contributed by atoms with Crippen LogP contribution in [0.25, 0.3) is 0 Å². The fourth-order valence-electron chi connectivity index (χ4n) is 2.62. The molecule has 0 aromatic heterocycles. The van der Waals surface area contributed by atoms with Gasteiger partial charge in [0, 0.05) is 12.6 Å². The molecule has 94 valence electrons. The van der Waals surface area contributed by atoms with Crippen molar-refractivity contribution in [3.05, 3.63) is 12.7 Å².